The molecule has 88 valence electrons. The van der Waals surface area contributed by atoms with Crippen LogP contribution in [0.5, 0.6) is 5.75 Å². The van der Waals surface area contributed by atoms with Crippen molar-refractivity contribution >= 4 is 0 Å². The van der Waals surface area contributed by atoms with Crippen molar-refractivity contribution in [3.05, 3.63) is 29.6 Å². The standard InChI is InChI=1S/C13H17FO2/c1-9-4-3-7-13(9,15)11-8-10(14)5-6-12(11)16-2/h5-6,8-9,15H,3-4,7H2,1-2H3. The molecule has 1 saturated carbocycles. The summed E-state index contributed by atoms with van der Waals surface area (Å²) in [6.07, 6.45) is 2.61. The zero-order chi connectivity index (χ0) is 11.8. The first-order valence-electron chi connectivity index (χ1n) is 5.64. The van der Waals surface area contributed by atoms with E-state index in [1.807, 2.05) is 6.92 Å². The number of aliphatic hydroxyl groups is 1. The minimum absolute atomic E-state index is 0.142. The zero-order valence-electron chi connectivity index (χ0n) is 9.66. The minimum atomic E-state index is -0.937. The average molecular weight is 224 g/mol. The van der Waals surface area contributed by atoms with Gasteiger partial charge in [0.2, 0.25) is 0 Å². The molecule has 16 heavy (non-hydrogen) atoms. The average Bonchev–Trinajstić information content (AvgIpc) is 2.60. The van der Waals surface area contributed by atoms with Crippen LogP contribution in [0.25, 0.3) is 0 Å². The van der Waals surface area contributed by atoms with Crippen molar-refractivity contribution in [2.75, 3.05) is 7.11 Å². The molecule has 1 aromatic carbocycles. The van der Waals surface area contributed by atoms with Crippen LogP contribution in [0.1, 0.15) is 31.7 Å². The quantitative estimate of drug-likeness (QED) is 0.837. The summed E-state index contributed by atoms with van der Waals surface area (Å²) >= 11 is 0. The smallest absolute Gasteiger partial charge is 0.125 e. The van der Waals surface area contributed by atoms with E-state index >= 15 is 0 Å². The summed E-state index contributed by atoms with van der Waals surface area (Å²) in [7, 11) is 1.54. The summed E-state index contributed by atoms with van der Waals surface area (Å²) in [4.78, 5) is 0. The fraction of sp³-hybridized carbons (Fsp3) is 0.538. The molecular formula is C13H17FO2. The molecule has 0 radical (unpaired) electrons. The highest BCUT2D eigenvalue weighted by Gasteiger charge is 2.41. The molecule has 2 rings (SSSR count). The number of halogens is 1. The van der Waals surface area contributed by atoms with Crippen molar-refractivity contribution in [3.63, 3.8) is 0 Å². The second kappa shape index (κ2) is 4.06. The van der Waals surface area contributed by atoms with Crippen molar-refractivity contribution in [2.45, 2.75) is 31.8 Å². The van der Waals surface area contributed by atoms with Gasteiger partial charge in [0.1, 0.15) is 11.6 Å². The second-order valence-corrected chi connectivity index (χ2v) is 4.56. The molecule has 1 aliphatic carbocycles. The first-order valence-corrected chi connectivity index (χ1v) is 5.64. The molecule has 0 aliphatic heterocycles. The van der Waals surface area contributed by atoms with E-state index in [2.05, 4.69) is 0 Å². The molecule has 1 aliphatic rings. The van der Waals surface area contributed by atoms with Crippen molar-refractivity contribution in [1.82, 2.24) is 0 Å². The molecule has 2 atom stereocenters. The first kappa shape index (κ1) is 11.4. The maximum Gasteiger partial charge on any atom is 0.125 e. The van der Waals surface area contributed by atoms with Crippen molar-refractivity contribution in [3.8, 4) is 5.75 Å². The van der Waals surface area contributed by atoms with E-state index in [9.17, 15) is 9.50 Å². The molecule has 3 heteroatoms. The summed E-state index contributed by atoms with van der Waals surface area (Å²) in [6, 6.07) is 4.32. The number of rotatable bonds is 2. The topological polar surface area (TPSA) is 29.5 Å². The molecule has 1 fully saturated rings. The van der Waals surface area contributed by atoms with Crippen LogP contribution in [0.3, 0.4) is 0 Å². The molecule has 0 spiro atoms. The predicted octanol–water partition coefficient (Wildman–Crippen LogP) is 2.84. The van der Waals surface area contributed by atoms with E-state index in [1.165, 1.54) is 12.1 Å². The van der Waals surface area contributed by atoms with Gasteiger partial charge in [-0.25, -0.2) is 4.39 Å². The Balaban J connectivity index is 2.49. The Kier molecular flexibility index (Phi) is 2.89. The Morgan fingerprint density at radius 3 is 2.81 bits per heavy atom. The molecule has 0 bridgehead atoms. The second-order valence-electron chi connectivity index (χ2n) is 4.56. The largest absolute Gasteiger partial charge is 0.496 e. The van der Waals surface area contributed by atoms with Gasteiger partial charge < -0.3 is 9.84 Å². The van der Waals surface area contributed by atoms with Gasteiger partial charge in [0.05, 0.1) is 12.7 Å². The lowest BCUT2D eigenvalue weighted by atomic mass is 9.84. The molecule has 0 heterocycles. The Morgan fingerprint density at radius 2 is 2.25 bits per heavy atom. The number of hydrogen-bond donors (Lipinski definition) is 1. The zero-order valence-corrected chi connectivity index (χ0v) is 9.66. The summed E-state index contributed by atoms with van der Waals surface area (Å²) in [5.74, 6) is 0.379. The summed E-state index contributed by atoms with van der Waals surface area (Å²) in [5, 5.41) is 10.6. The molecule has 2 nitrogen and oxygen atoms in total. The van der Waals surface area contributed by atoms with Gasteiger partial charge in [-0.15, -0.1) is 0 Å². The van der Waals surface area contributed by atoms with Crippen LogP contribution in [0, 0.1) is 11.7 Å². The predicted molar refractivity (Wildman–Crippen MR) is 59.9 cm³/mol. The lowest BCUT2D eigenvalue weighted by Gasteiger charge is -2.29. The fourth-order valence-corrected chi connectivity index (χ4v) is 2.58. The molecule has 1 N–H and O–H groups in total. The van der Waals surface area contributed by atoms with Crippen LogP contribution in [0.2, 0.25) is 0 Å². The Labute approximate surface area is 95.1 Å². The molecular weight excluding hydrogens is 207 g/mol. The third-order valence-corrected chi connectivity index (χ3v) is 3.64. The van der Waals surface area contributed by atoms with Gasteiger partial charge >= 0.3 is 0 Å². The van der Waals surface area contributed by atoms with Crippen LogP contribution >= 0.6 is 0 Å². The van der Waals surface area contributed by atoms with Gasteiger partial charge in [0, 0.05) is 5.56 Å². The maximum atomic E-state index is 13.3. The Bertz CT molecular complexity index is 392. The third kappa shape index (κ3) is 1.69. The van der Waals surface area contributed by atoms with Crippen LogP contribution < -0.4 is 4.74 Å². The number of benzene rings is 1. The normalized spacial score (nSPS) is 29.4. The van der Waals surface area contributed by atoms with Gasteiger partial charge in [-0.2, -0.15) is 0 Å². The Hall–Kier alpha value is -1.09. The summed E-state index contributed by atoms with van der Waals surface area (Å²) in [6.45, 7) is 2.00. The number of methoxy groups -OCH3 is 1. The minimum Gasteiger partial charge on any atom is -0.496 e. The van der Waals surface area contributed by atoms with Gasteiger partial charge in [0.15, 0.2) is 0 Å². The van der Waals surface area contributed by atoms with Crippen LogP contribution in [-0.4, -0.2) is 12.2 Å². The maximum absolute atomic E-state index is 13.3. The van der Waals surface area contributed by atoms with Crippen LogP contribution in [-0.2, 0) is 5.60 Å². The van der Waals surface area contributed by atoms with E-state index in [0.29, 0.717) is 17.7 Å². The van der Waals surface area contributed by atoms with Gasteiger partial charge in [0.25, 0.3) is 0 Å². The van der Waals surface area contributed by atoms with Gasteiger partial charge in [-0.3, -0.25) is 0 Å². The van der Waals surface area contributed by atoms with E-state index in [0.717, 1.165) is 12.8 Å². The van der Waals surface area contributed by atoms with E-state index in [4.69, 9.17) is 4.74 Å². The monoisotopic (exact) mass is 224 g/mol. The lowest BCUT2D eigenvalue weighted by molar-refractivity contribution is 0.00213. The SMILES string of the molecule is COc1ccc(F)cc1C1(O)CCCC1C. The summed E-state index contributed by atoms with van der Waals surface area (Å²) in [5.41, 5.74) is -0.354. The molecule has 0 saturated heterocycles. The highest BCUT2D eigenvalue weighted by Crippen LogP contribution is 2.46. The highest BCUT2D eigenvalue weighted by atomic mass is 19.1. The summed E-state index contributed by atoms with van der Waals surface area (Å²) < 4.78 is 18.5. The van der Waals surface area contributed by atoms with E-state index in [-0.39, 0.29) is 11.7 Å². The van der Waals surface area contributed by atoms with Crippen LogP contribution in [0.15, 0.2) is 18.2 Å². The highest BCUT2D eigenvalue weighted by molar-refractivity contribution is 5.39. The molecule has 0 aromatic heterocycles. The third-order valence-electron chi connectivity index (χ3n) is 3.64. The van der Waals surface area contributed by atoms with Gasteiger partial charge in [-0.05, 0) is 43.4 Å². The van der Waals surface area contributed by atoms with Crippen molar-refractivity contribution in [1.29, 1.82) is 0 Å². The molecule has 2 unspecified atom stereocenters. The van der Waals surface area contributed by atoms with Gasteiger partial charge in [-0.1, -0.05) is 6.92 Å². The lowest BCUT2D eigenvalue weighted by Crippen LogP contribution is -2.29. The first-order chi connectivity index (χ1) is 7.58. The van der Waals surface area contributed by atoms with Crippen molar-refractivity contribution < 1.29 is 14.2 Å². The molecule has 1 aromatic rings. The number of ether oxygens (including phenoxy) is 1. The van der Waals surface area contributed by atoms with Crippen molar-refractivity contribution in [2.24, 2.45) is 5.92 Å². The molecule has 0 amide bonds. The Morgan fingerprint density at radius 1 is 1.50 bits per heavy atom. The van der Waals surface area contributed by atoms with E-state index in [1.54, 1.807) is 13.2 Å². The van der Waals surface area contributed by atoms with Crippen LogP contribution in [0.4, 0.5) is 4.39 Å². The van der Waals surface area contributed by atoms with E-state index < -0.39 is 5.60 Å². The number of hydrogen-bond acceptors (Lipinski definition) is 2. The fourth-order valence-electron chi connectivity index (χ4n) is 2.58.